The average molecular weight is 438 g/mol. The van der Waals surface area contributed by atoms with E-state index >= 15 is 0 Å². The van der Waals surface area contributed by atoms with Gasteiger partial charge in [-0.25, -0.2) is 0 Å². The summed E-state index contributed by atoms with van der Waals surface area (Å²) in [4.78, 5) is 26.6. The van der Waals surface area contributed by atoms with Crippen LogP contribution in [0.1, 0.15) is 136 Å². The molecule has 0 aromatic heterocycles. The summed E-state index contributed by atoms with van der Waals surface area (Å²) in [6, 6.07) is 0. The van der Waals surface area contributed by atoms with E-state index in [2.05, 4.69) is 13.8 Å². The van der Waals surface area contributed by atoms with E-state index in [-0.39, 0.29) is 17.8 Å². The second-order valence-electron chi connectivity index (χ2n) is 9.52. The number of unbranched alkanes of at least 4 members (excludes halogenated alkanes) is 14. The molecule has 1 aliphatic heterocycles. The van der Waals surface area contributed by atoms with Crippen molar-refractivity contribution in [3.8, 4) is 0 Å². The number of amides is 1. The van der Waals surface area contributed by atoms with Crippen LogP contribution in [0.25, 0.3) is 0 Å². The number of likely N-dealkylation sites (tertiary alicyclic amines) is 1. The van der Waals surface area contributed by atoms with Gasteiger partial charge >= 0.3 is 5.97 Å². The Labute approximate surface area is 192 Å². The van der Waals surface area contributed by atoms with Crippen LogP contribution in [0.2, 0.25) is 0 Å². The van der Waals surface area contributed by atoms with Crippen molar-refractivity contribution in [2.45, 2.75) is 136 Å². The average Bonchev–Trinajstić information content (AvgIpc) is 2.79. The standard InChI is InChI=1S/C27H51NO3/c1-3-5-7-9-10-11-12-13-14-16-18-24-31-27(30)25-20-22-28(23-21-25)26(29)19-17-15-8-6-4-2/h25H,3-24H2,1-2H3. The van der Waals surface area contributed by atoms with Gasteiger partial charge in [0.05, 0.1) is 12.5 Å². The molecule has 4 heteroatoms. The Balaban J connectivity index is 1.95. The predicted octanol–water partition coefficient (Wildman–Crippen LogP) is 7.44. The molecule has 0 aromatic carbocycles. The molecule has 1 fully saturated rings. The molecular weight excluding hydrogens is 386 g/mol. The summed E-state index contributed by atoms with van der Waals surface area (Å²) in [6.45, 7) is 6.46. The molecule has 1 rings (SSSR count). The van der Waals surface area contributed by atoms with Crippen LogP contribution in [0.15, 0.2) is 0 Å². The molecule has 0 saturated carbocycles. The van der Waals surface area contributed by atoms with Crippen molar-refractivity contribution >= 4 is 11.9 Å². The molecule has 1 heterocycles. The first-order valence-electron chi connectivity index (χ1n) is 13.6. The highest BCUT2D eigenvalue weighted by atomic mass is 16.5. The molecule has 0 bridgehead atoms. The Morgan fingerprint density at radius 1 is 0.677 bits per heavy atom. The van der Waals surface area contributed by atoms with E-state index in [0.717, 1.165) is 38.5 Å². The zero-order chi connectivity index (χ0) is 22.6. The molecular formula is C27H51NO3. The number of carbonyl (C=O) groups is 2. The van der Waals surface area contributed by atoms with Crippen LogP contribution < -0.4 is 0 Å². The van der Waals surface area contributed by atoms with Gasteiger partial charge in [0, 0.05) is 19.5 Å². The lowest BCUT2D eigenvalue weighted by Crippen LogP contribution is -2.40. The van der Waals surface area contributed by atoms with Gasteiger partial charge in [0.25, 0.3) is 0 Å². The zero-order valence-corrected chi connectivity index (χ0v) is 20.8. The minimum absolute atomic E-state index is 0.0127. The van der Waals surface area contributed by atoms with Crippen molar-refractivity contribution in [2.24, 2.45) is 5.92 Å². The third kappa shape index (κ3) is 14.6. The van der Waals surface area contributed by atoms with Crippen LogP contribution in [0, 0.1) is 5.92 Å². The Morgan fingerprint density at radius 2 is 1.13 bits per heavy atom. The Hall–Kier alpha value is -1.06. The van der Waals surface area contributed by atoms with E-state index < -0.39 is 0 Å². The summed E-state index contributed by atoms with van der Waals surface area (Å²) in [7, 11) is 0. The van der Waals surface area contributed by atoms with Crippen molar-refractivity contribution < 1.29 is 14.3 Å². The van der Waals surface area contributed by atoms with Gasteiger partial charge in [0.15, 0.2) is 0 Å². The molecule has 1 saturated heterocycles. The van der Waals surface area contributed by atoms with E-state index in [9.17, 15) is 9.59 Å². The van der Waals surface area contributed by atoms with Gasteiger partial charge in [0.2, 0.25) is 5.91 Å². The molecule has 0 aromatic rings. The number of ether oxygens (including phenoxy) is 1. The fourth-order valence-corrected chi connectivity index (χ4v) is 4.46. The normalized spacial score (nSPS) is 14.7. The number of hydrogen-bond acceptors (Lipinski definition) is 3. The number of nitrogens with zero attached hydrogens (tertiary/aromatic N) is 1. The van der Waals surface area contributed by atoms with E-state index in [1.54, 1.807) is 0 Å². The van der Waals surface area contributed by atoms with Crippen LogP contribution in [0.5, 0.6) is 0 Å². The lowest BCUT2D eigenvalue weighted by atomic mass is 9.96. The number of esters is 1. The summed E-state index contributed by atoms with van der Waals surface area (Å²) >= 11 is 0. The largest absolute Gasteiger partial charge is 0.465 e. The van der Waals surface area contributed by atoms with Crippen molar-refractivity contribution in [3.05, 3.63) is 0 Å². The molecule has 0 N–H and O–H groups in total. The number of carbonyl (C=O) groups excluding carboxylic acids is 2. The monoisotopic (exact) mass is 437 g/mol. The van der Waals surface area contributed by atoms with Gasteiger partial charge in [0.1, 0.15) is 0 Å². The first kappa shape index (κ1) is 28.0. The zero-order valence-electron chi connectivity index (χ0n) is 20.8. The Morgan fingerprint density at radius 3 is 1.65 bits per heavy atom. The van der Waals surface area contributed by atoms with Crippen molar-refractivity contribution in [1.29, 1.82) is 0 Å². The van der Waals surface area contributed by atoms with Crippen molar-refractivity contribution in [1.82, 2.24) is 4.90 Å². The van der Waals surface area contributed by atoms with Gasteiger partial charge < -0.3 is 9.64 Å². The summed E-state index contributed by atoms with van der Waals surface area (Å²) in [6.07, 6.45) is 22.4. The molecule has 182 valence electrons. The van der Waals surface area contributed by atoms with Crippen LogP contribution in [0.3, 0.4) is 0 Å². The van der Waals surface area contributed by atoms with E-state index in [4.69, 9.17) is 4.74 Å². The molecule has 0 unspecified atom stereocenters. The SMILES string of the molecule is CCCCCCCCCCCCCOC(=O)C1CCN(C(=O)CCCCCCC)CC1. The first-order chi connectivity index (χ1) is 15.2. The highest BCUT2D eigenvalue weighted by molar-refractivity contribution is 5.77. The highest BCUT2D eigenvalue weighted by Gasteiger charge is 2.27. The van der Waals surface area contributed by atoms with E-state index in [0.29, 0.717) is 26.1 Å². The third-order valence-electron chi connectivity index (χ3n) is 6.67. The Kier molecular flexibility index (Phi) is 17.7. The fraction of sp³-hybridized carbons (Fsp3) is 0.926. The summed E-state index contributed by atoms with van der Waals surface area (Å²) in [5.74, 6) is 0.212. The van der Waals surface area contributed by atoms with Crippen molar-refractivity contribution in [2.75, 3.05) is 19.7 Å². The van der Waals surface area contributed by atoms with Gasteiger partial charge in [-0.1, -0.05) is 104 Å². The predicted molar refractivity (Wildman–Crippen MR) is 130 cm³/mol. The van der Waals surface area contributed by atoms with Gasteiger partial charge in [-0.05, 0) is 25.7 Å². The summed E-state index contributed by atoms with van der Waals surface area (Å²) in [5, 5.41) is 0. The molecule has 0 spiro atoms. The third-order valence-corrected chi connectivity index (χ3v) is 6.67. The van der Waals surface area contributed by atoms with Crippen LogP contribution in [0.4, 0.5) is 0 Å². The van der Waals surface area contributed by atoms with Gasteiger partial charge in [-0.2, -0.15) is 0 Å². The lowest BCUT2D eigenvalue weighted by molar-refractivity contribution is -0.151. The molecule has 0 radical (unpaired) electrons. The van der Waals surface area contributed by atoms with Gasteiger partial charge in [-0.3, -0.25) is 9.59 Å². The Bertz CT molecular complexity index is 444. The number of rotatable bonds is 19. The van der Waals surface area contributed by atoms with Gasteiger partial charge in [-0.15, -0.1) is 0 Å². The highest BCUT2D eigenvalue weighted by Crippen LogP contribution is 2.20. The summed E-state index contributed by atoms with van der Waals surface area (Å²) in [5.41, 5.74) is 0. The van der Waals surface area contributed by atoms with E-state index in [1.807, 2.05) is 4.90 Å². The molecule has 0 atom stereocenters. The summed E-state index contributed by atoms with van der Waals surface area (Å²) < 4.78 is 5.52. The van der Waals surface area contributed by atoms with Crippen molar-refractivity contribution in [3.63, 3.8) is 0 Å². The molecule has 0 aliphatic carbocycles. The quantitative estimate of drug-likeness (QED) is 0.156. The lowest BCUT2D eigenvalue weighted by Gasteiger charge is -2.31. The maximum atomic E-state index is 12.3. The van der Waals surface area contributed by atoms with Crippen LogP contribution >= 0.6 is 0 Å². The van der Waals surface area contributed by atoms with Crippen LogP contribution in [-0.4, -0.2) is 36.5 Å². The first-order valence-corrected chi connectivity index (χ1v) is 13.6. The molecule has 31 heavy (non-hydrogen) atoms. The smallest absolute Gasteiger partial charge is 0.309 e. The minimum Gasteiger partial charge on any atom is -0.465 e. The molecule has 1 amide bonds. The fourth-order valence-electron chi connectivity index (χ4n) is 4.46. The second kappa shape index (κ2) is 19.6. The maximum absolute atomic E-state index is 12.3. The topological polar surface area (TPSA) is 46.6 Å². The molecule has 1 aliphatic rings. The second-order valence-corrected chi connectivity index (χ2v) is 9.52. The number of piperidine rings is 1. The minimum atomic E-state index is -0.0428. The number of hydrogen-bond donors (Lipinski definition) is 0. The molecule has 4 nitrogen and oxygen atoms in total. The van der Waals surface area contributed by atoms with E-state index in [1.165, 1.54) is 77.0 Å². The maximum Gasteiger partial charge on any atom is 0.309 e. The van der Waals surface area contributed by atoms with Crippen LogP contribution in [-0.2, 0) is 14.3 Å².